The molecule has 0 aliphatic rings. The molecule has 2 rings (SSSR count). The minimum Gasteiger partial charge on any atom is -0.468 e. The summed E-state index contributed by atoms with van der Waals surface area (Å²) in [4.78, 5) is 0. The largest absolute Gasteiger partial charge is 0.468 e. The summed E-state index contributed by atoms with van der Waals surface area (Å²) in [5.74, 6) is 1.44. The zero-order chi connectivity index (χ0) is 10.8. The second-order valence-corrected chi connectivity index (χ2v) is 3.65. The quantitative estimate of drug-likeness (QED) is 0.742. The van der Waals surface area contributed by atoms with Crippen LogP contribution in [0.2, 0.25) is 0 Å². The Morgan fingerprint density at radius 2 is 1.73 bits per heavy atom. The number of aryl methyl sites for hydroxylation is 2. The van der Waals surface area contributed by atoms with Crippen LogP contribution >= 0.6 is 0 Å². The van der Waals surface area contributed by atoms with Crippen LogP contribution in [0.5, 0.6) is 5.95 Å². The first-order valence-corrected chi connectivity index (χ1v) is 4.92. The number of benzene rings is 1. The van der Waals surface area contributed by atoms with Gasteiger partial charge < -0.3 is 9.15 Å². The van der Waals surface area contributed by atoms with E-state index in [-0.39, 0.29) is 0 Å². The van der Waals surface area contributed by atoms with Crippen LogP contribution in [0.1, 0.15) is 11.1 Å². The molecule has 2 heteroatoms. The maximum Gasteiger partial charge on any atom is 0.287 e. The predicted octanol–water partition coefficient (Wildman–Crippen LogP) is 3.57. The van der Waals surface area contributed by atoms with E-state index in [1.807, 2.05) is 25.1 Å². The number of ether oxygens (including phenoxy) is 1. The van der Waals surface area contributed by atoms with E-state index in [9.17, 15) is 0 Å². The van der Waals surface area contributed by atoms with Crippen LogP contribution in [0.15, 0.2) is 34.7 Å². The lowest BCUT2D eigenvalue weighted by molar-refractivity contribution is 0.306. The minimum atomic E-state index is 0.588. The van der Waals surface area contributed by atoms with Crippen molar-refractivity contribution >= 4 is 0 Å². The second kappa shape index (κ2) is 3.81. The smallest absolute Gasteiger partial charge is 0.287 e. The van der Waals surface area contributed by atoms with Gasteiger partial charge in [0.25, 0.3) is 5.95 Å². The van der Waals surface area contributed by atoms with Gasteiger partial charge in [-0.25, -0.2) is 0 Å². The lowest BCUT2D eigenvalue weighted by Crippen LogP contribution is -1.79. The van der Waals surface area contributed by atoms with E-state index in [2.05, 4.69) is 19.1 Å². The molecule has 1 heterocycles. The highest BCUT2D eigenvalue weighted by Gasteiger charge is 2.08. The van der Waals surface area contributed by atoms with Crippen LogP contribution in [-0.2, 0) is 0 Å². The fourth-order valence-electron chi connectivity index (χ4n) is 1.53. The van der Waals surface area contributed by atoms with Gasteiger partial charge in [0.15, 0.2) is 0 Å². The molecule has 0 unspecified atom stereocenters. The fraction of sp³-hybridized carbons (Fsp3) is 0.231. The Balaban J connectivity index is 2.41. The highest BCUT2D eigenvalue weighted by Crippen LogP contribution is 2.29. The van der Waals surface area contributed by atoms with Gasteiger partial charge in [0.05, 0.1) is 7.11 Å². The SMILES string of the molecule is COc1oc(-c2ccc(C)cc2)cc1C. The maximum atomic E-state index is 5.57. The molecular weight excluding hydrogens is 188 g/mol. The third-order valence-electron chi connectivity index (χ3n) is 2.39. The third kappa shape index (κ3) is 1.89. The van der Waals surface area contributed by atoms with Gasteiger partial charge in [0.1, 0.15) is 5.76 Å². The number of rotatable bonds is 2. The van der Waals surface area contributed by atoms with Crippen molar-refractivity contribution in [1.82, 2.24) is 0 Å². The van der Waals surface area contributed by atoms with E-state index < -0.39 is 0 Å². The van der Waals surface area contributed by atoms with Gasteiger partial charge in [-0.15, -0.1) is 0 Å². The summed E-state index contributed by atoms with van der Waals surface area (Å²) < 4.78 is 10.7. The van der Waals surface area contributed by atoms with Gasteiger partial charge in [-0.1, -0.05) is 29.8 Å². The average molecular weight is 202 g/mol. The number of furan rings is 1. The molecule has 78 valence electrons. The van der Waals surface area contributed by atoms with Crippen molar-refractivity contribution in [2.45, 2.75) is 13.8 Å². The normalized spacial score (nSPS) is 10.3. The number of methoxy groups -OCH3 is 1. The van der Waals surface area contributed by atoms with Crippen molar-refractivity contribution in [1.29, 1.82) is 0 Å². The van der Waals surface area contributed by atoms with Gasteiger partial charge in [-0.3, -0.25) is 0 Å². The van der Waals surface area contributed by atoms with Crippen molar-refractivity contribution in [2.24, 2.45) is 0 Å². The third-order valence-corrected chi connectivity index (χ3v) is 2.39. The molecule has 0 spiro atoms. The van der Waals surface area contributed by atoms with Gasteiger partial charge in [-0.2, -0.15) is 0 Å². The van der Waals surface area contributed by atoms with E-state index in [0.717, 1.165) is 16.9 Å². The van der Waals surface area contributed by atoms with Crippen molar-refractivity contribution in [3.8, 4) is 17.3 Å². The van der Waals surface area contributed by atoms with Gasteiger partial charge in [0.2, 0.25) is 0 Å². The second-order valence-electron chi connectivity index (χ2n) is 3.65. The Labute approximate surface area is 89.5 Å². The average Bonchev–Trinajstić information content (AvgIpc) is 2.61. The summed E-state index contributed by atoms with van der Waals surface area (Å²) in [6.45, 7) is 4.04. The van der Waals surface area contributed by atoms with Crippen LogP contribution in [0.3, 0.4) is 0 Å². The van der Waals surface area contributed by atoms with Gasteiger partial charge >= 0.3 is 0 Å². The van der Waals surface area contributed by atoms with Crippen molar-refractivity contribution in [3.05, 3.63) is 41.5 Å². The molecule has 15 heavy (non-hydrogen) atoms. The molecule has 0 amide bonds. The molecule has 0 N–H and O–H groups in total. The summed E-state index contributed by atoms with van der Waals surface area (Å²) in [6.07, 6.45) is 0. The van der Waals surface area contributed by atoms with Crippen molar-refractivity contribution in [3.63, 3.8) is 0 Å². The summed E-state index contributed by atoms with van der Waals surface area (Å²) in [5.41, 5.74) is 3.34. The summed E-state index contributed by atoms with van der Waals surface area (Å²) in [7, 11) is 1.62. The van der Waals surface area contributed by atoms with Gasteiger partial charge in [0, 0.05) is 11.1 Å². The Hall–Kier alpha value is -1.70. The molecule has 0 fully saturated rings. The molecule has 1 aromatic carbocycles. The first-order chi connectivity index (χ1) is 7.20. The molecule has 0 atom stereocenters. The van der Waals surface area contributed by atoms with E-state index in [1.165, 1.54) is 5.56 Å². The molecule has 2 nitrogen and oxygen atoms in total. The zero-order valence-electron chi connectivity index (χ0n) is 9.20. The molecule has 0 aliphatic carbocycles. The molecule has 0 saturated heterocycles. The van der Waals surface area contributed by atoms with E-state index in [1.54, 1.807) is 7.11 Å². The molecule has 1 aromatic heterocycles. The predicted molar refractivity (Wildman–Crippen MR) is 60.2 cm³/mol. The fourth-order valence-corrected chi connectivity index (χ4v) is 1.53. The maximum absolute atomic E-state index is 5.57. The van der Waals surface area contributed by atoms with E-state index >= 15 is 0 Å². The topological polar surface area (TPSA) is 22.4 Å². The van der Waals surface area contributed by atoms with Crippen LogP contribution in [0.25, 0.3) is 11.3 Å². The molecule has 0 bridgehead atoms. The lowest BCUT2D eigenvalue weighted by Gasteiger charge is -1.97. The Morgan fingerprint density at radius 1 is 1.07 bits per heavy atom. The molecular formula is C13H14O2. The standard InChI is InChI=1S/C13H14O2/c1-9-4-6-11(7-5-9)12-8-10(2)13(14-3)15-12/h4-8H,1-3H3. The molecule has 0 aliphatic heterocycles. The van der Waals surface area contributed by atoms with Gasteiger partial charge in [-0.05, 0) is 19.9 Å². The van der Waals surface area contributed by atoms with E-state index in [4.69, 9.17) is 9.15 Å². The number of hydrogen-bond donors (Lipinski definition) is 0. The van der Waals surface area contributed by atoms with Crippen LogP contribution < -0.4 is 4.74 Å². The Bertz CT molecular complexity index is 452. The van der Waals surface area contributed by atoms with Crippen molar-refractivity contribution < 1.29 is 9.15 Å². The molecule has 0 radical (unpaired) electrons. The monoisotopic (exact) mass is 202 g/mol. The lowest BCUT2D eigenvalue weighted by atomic mass is 10.1. The Kier molecular flexibility index (Phi) is 2.50. The van der Waals surface area contributed by atoms with Crippen LogP contribution in [0.4, 0.5) is 0 Å². The summed E-state index contributed by atoms with van der Waals surface area (Å²) in [6, 6.07) is 10.2. The molecule has 0 saturated carbocycles. The van der Waals surface area contributed by atoms with Crippen LogP contribution in [0, 0.1) is 13.8 Å². The first-order valence-electron chi connectivity index (χ1n) is 4.92. The van der Waals surface area contributed by atoms with Crippen molar-refractivity contribution in [2.75, 3.05) is 7.11 Å². The molecule has 2 aromatic rings. The zero-order valence-corrected chi connectivity index (χ0v) is 9.20. The van der Waals surface area contributed by atoms with Crippen LogP contribution in [-0.4, -0.2) is 7.11 Å². The highest BCUT2D eigenvalue weighted by atomic mass is 16.6. The highest BCUT2D eigenvalue weighted by molar-refractivity contribution is 5.59. The first kappa shape index (κ1) is 9.84. The number of hydrogen-bond acceptors (Lipinski definition) is 2. The Morgan fingerprint density at radius 3 is 2.27 bits per heavy atom. The summed E-state index contributed by atoms with van der Waals surface area (Å²) in [5, 5.41) is 0. The van der Waals surface area contributed by atoms with E-state index in [0.29, 0.717) is 5.95 Å². The summed E-state index contributed by atoms with van der Waals surface area (Å²) >= 11 is 0. The minimum absolute atomic E-state index is 0.588.